The molecule has 0 saturated heterocycles. The lowest BCUT2D eigenvalue weighted by Crippen LogP contribution is -2.25. The Morgan fingerprint density at radius 2 is 1.93 bits per heavy atom. The smallest absolute Gasteiger partial charge is 0.315 e. The molecule has 1 aliphatic carbocycles. The zero-order valence-corrected chi connectivity index (χ0v) is 8.79. The molecule has 1 saturated carbocycles. The molecule has 4 nitrogen and oxygen atoms in total. The van der Waals surface area contributed by atoms with Crippen molar-refractivity contribution in [3.05, 3.63) is 5.89 Å². The highest BCUT2D eigenvalue weighted by Crippen LogP contribution is 2.25. The van der Waals surface area contributed by atoms with Crippen LogP contribution >= 0.6 is 0 Å². The summed E-state index contributed by atoms with van der Waals surface area (Å²) in [5.74, 6) is 1.49. The highest BCUT2D eigenvalue weighted by molar-refractivity contribution is 5.19. The van der Waals surface area contributed by atoms with Gasteiger partial charge in [-0.2, -0.15) is 0 Å². The van der Waals surface area contributed by atoms with Crippen LogP contribution in [0.2, 0.25) is 0 Å². The molecule has 0 unspecified atom stereocenters. The summed E-state index contributed by atoms with van der Waals surface area (Å²) in [6.45, 7) is 4.12. The monoisotopic (exact) mass is 195 g/mol. The zero-order chi connectivity index (χ0) is 9.97. The number of hydrogen-bond acceptors (Lipinski definition) is 4. The standard InChI is InChI=1S/C10H17N3O/c1-7-3-5-9(6-4-7)11-10-13-12-8(2)14-10/h7,9H,3-6H2,1-2H3,(H,11,13). The number of nitrogens with one attached hydrogen (secondary N) is 1. The number of hydrogen-bond donors (Lipinski definition) is 1. The van der Waals surface area contributed by atoms with Crippen molar-refractivity contribution < 1.29 is 4.42 Å². The Hall–Kier alpha value is -1.06. The summed E-state index contributed by atoms with van der Waals surface area (Å²) in [5.41, 5.74) is 0. The maximum Gasteiger partial charge on any atom is 0.315 e. The van der Waals surface area contributed by atoms with Gasteiger partial charge in [0.05, 0.1) is 0 Å². The number of nitrogens with zero attached hydrogens (tertiary/aromatic N) is 2. The fourth-order valence-corrected chi connectivity index (χ4v) is 1.93. The van der Waals surface area contributed by atoms with Crippen LogP contribution in [0.1, 0.15) is 38.5 Å². The minimum atomic E-state index is 0.519. The van der Waals surface area contributed by atoms with Gasteiger partial charge in [0.1, 0.15) is 0 Å². The number of aromatic nitrogens is 2. The van der Waals surface area contributed by atoms with Crippen molar-refractivity contribution in [1.29, 1.82) is 0 Å². The first kappa shape index (κ1) is 9.49. The van der Waals surface area contributed by atoms with E-state index in [1.54, 1.807) is 6.92 Å². The largest absolute Gasteiger partial charge is 0.408 e. The van der Waals surface area contributed by atoms with Gasteiger partial charge >= 0.3 is 6.01 Å². The van der Waals surface area contributed by atoms with Crippen LogP contribution in [0.25, 0.3) is 0 Å². The lowest BCUT2D eigenvalue weighted by atomic mass is 9.87. The SMILES string of the molecule is Cc1nnc(NC2CCC(C)CC2)o1. The zero-order valence-electron chi connectivity index (χ0n) is 8.79. The first-order valence-corrected chi connectivity index (χ1v) is 5.30. The quantitative estimate of drug-likeness (QED) is 0.787. The van der Waals surface area contributed by atoms with Gasteiger partial charge in [-0.1, -0.05) is 12.0 Å². The molecule has 0 aliphatic heterocycles. The van der Waals surface area contributed by atoms with Crippen molar-refractivity contribution in [2.24, 2.45) is 5.92 Å². The molecule has 2 rings (SSSR count). The second kappa shape index (κ2) is 3.98. The van der Waals surface area contributed by atoms with Crippen molar-refractivity contribution in [3.63, 3.8) is 0 Å². The summed E-state index contributed by atoms with van der Waals surface area (Å²) in [5, 5.41) is 11.0. The van der Waals surface area contributed by atoms with Crippen molar-refractivity contribution >= 4 is 6.01 Å². The fourth-order valence-electron chi connectivity index (χ4n) is 1.93. The molecule has 1 aromatic rings. The van der Waals surface area contributed by atoms with E-state index < -0.39 is 0 Å². The summed E-state index contributed by atoms with van der Waals surface area (Å²) < 4.78 is 5.28. The molecule has 0 spiro atoms. The summed E-state index contributed by atoms with van der Waals surface area (Å²) in [6, 6.07) is 1.09. The average molecular weight is 195 g/mol. The van der Waals surface area contributed by atoms with Crippen LogP contribution in [0.15, 0.2) is 4.42 Å². The molecule has 0 amide bonds. The van der Waals surface area contributed by atoms with Gasteiger partial charge in [0.25, 0.3) is 0 Å². The summed E-state index contributed by atoms with van der Waals surface area (Å²) >= 11 is 0. The topological polar surface area (TPSA) is 51.0 Å². The highest BCUT2D eigenvalue weighted by atomic mass is 16.4. The van der Waals surface area contributed by atoms with Crippen LogP contribution in [-0.2, 0) is 0 Å². The minimum absolute atomic E-state index is 0.519. The third-order valence-corrected chi connectivity index (χ3v) is 2.87. The van der Waals surface area contributed by atoms with Crippen molar-refractivity contribution in [3.8, 4) is 0 Å². The second-order valence-corrected chi connectivity index (χ2v) is 4.23. The number of rotatable bonds is 2. The van der Waals surface area contributed by atoms with Crippen molar-refractivity contribution in [2.75, 3.05) is 5.32 Å². The van der Waals surface area contributed by atoms with Gasteiger partial charge in [0.15, 0.2) is 0 Å². The molecule has 78 valence electrons. The number of aryl methyl sites for hydroxylation is 1. The fraction of sp³-hybridized carbons (Fsp3) is 0.800. The predicted molar refractivity (Wildman–Crippen MR) is 54.1 cm³/mol. The molecule has 1 heterocycles. The van der Waals surface area contributed by atoms with E-state index in [9.17, 15) is 0 Å². The molecule has 4 heteroatoms. The van der Waals surface area contributed by atoms with Crippen LogP contribution < -0.4 is 5.32 Å². The Kier molecular flexibility index (Phi) is 2.70. The first-order chi connectivity index (χ1) is 6.74. The maximum absolute atomic E-state index is 5.28. The van der Waals surface area contributed by atoms with E-state index >= 15 is 0 Å². The third kappa shape index (κ3) is 2.25. The summed E-state index contributed by atoms with van der Waals surface area (Å²) in [6.07, 6.45) is 5.01. The summed E-state index contributed by atoms with van der Waals surface area (Å²) in [7, 11) is 0. The Bertz CT molecular complexity index is 289. The van der Waals surface area contributed by atoms with Gasteiger partial charge in [-0.3, -0.25) is 0 Å². The van der Waals surface area contributed by atoms with Gasteiger partial charge in [0.2, 0.25) is 5.89 Å². The molecular weight excluding hydrogens is 178 g/mol. The van der Waals surface area contributed by atoms with Crippen LogP contribution in [0.5, 0.6) is 0 Å². The van der Waals surface area contributed by atoms with Gasteiger partial charge < -0.3 is 9.73 Å². The van der Waals surface area contributed by atoms with E-state index in [4.69, 9.17) is 4.42 Å². The van der Waals surface area contributed by atoms with Crippen LogP contribution in [0.4, 0.5) is 6.01 Å². The third-order valence-electron chi connectivity index (χ3n) is 2.87. The van der Waals surface area contributed by atoms with Crippen molar-refractivity contribution in [1.82, 2.24) is 10.2 Å². The number of anilines is 1. The normalized spacial score (nSPS) is 27.6. The Morgan fingerprint density at radius 3 is 2.50 bits per heavy atom. The van der Waals surface area contributed by atoms with Crippen LogP contribution in [0.3, 0.4) is 0 Å². The lowest BCUT2D eigenvalue weighted by molar-refractivity contribution is 0.356. The predicted octanol–water partition coefficient (Wildman–Crippen LogP) is 2.37. The van der Waals surface area contributed by atoms with E-state index in [1.807, 2.05) is 0 Å². The molecule has 1 N–H and O–H groups in total. The molecule has 1 fully saturated rings. The van der Waals surface area contributed by atoms with E-state index in [0.29, 0.717) is 17.9 Å². The molecule has 0 aromatic carbocycles. The molecule has 0 bridgehead atoms. The molecular formula is C10H17N3O. The maximum atomic E-state index is 5.28. The molecule has 0 radical (unpaired) electrons. The Balaban J connectivity index is 1.86. The highest BCUT2D eigenvalue weighted by Gasteiger charge is 2.19. The molecule has 1 aliphatic rings. The van der Waals surface area contributed by atoms with Gasteiger partial charge in [-0.15, -0.1) is 5.10 Å². The Morgan fingerprint density at radius 1 is 1.21 bits per heavy atom. The Labute approximate surface area is 84.1 Å². The van der Waals surface area contributed by atoms with Gasteiger partial charge in [-0.05, 0) is 31.6 Å². The second-order valence-electron chi connectivity index (χ2n) is 4.23. The minimum Gasteiger partial charge on any atom is -0.408 e. The first-order valence-electron chi connectivity index (χ1n) is 5.30. The van der Waals surface area contributed by atoms with Crippen LogP contribution in [0, 0.1) is 12.8 Å². The van der Waals surface area contributed by atoms with E-state index in [2.05, 4.69) is 22.4 Å². The van der Waals surface area contributed by atoms with Crippen molar-refractivity contribution in [2.45, 2.75) is 45.6 Å². The molecule has 0 atom stereocenters. The lowest BCUT2D eigenvalue weighted by Gasteiger charge is -2.25. The molecule has 1 aromatic heterocycles. The molecule has 14 heavy (non-hydrogen) atoms. The van der Waals surface area contributed by atoms with Gasteiger partial charge in [-0.25, -0.2) is 0 Å². The van der Waals surface area contributed by atoms with E-state index in [0.717, 1.165) is 5.92 Å². The van der Waals surface area contributed by atoms with E-state index in [1.165, 1.54) is 25.7 Å². The van der Waals surface area contributed by atoms with Crippen LogP contribution in [-0.4, -0.2) is 16.2 Å². The summed E-state index contributed by atoms with van der Waals surface area (Å²) in [4.78, 5) is 0. The average Bonchev–Trinajstić information content (AvgIpc) is 2.56. The van der Waals surface area contributed by atoms with E-state index in [-0.39, 0.29) is 0 Å². The van der Waals surface area contributed by atoms with Gasteiger partial charge in [0, 0.05) is 13.0 Å².